The number of nitroso groups, excluding NO2 is 1. The van der Waals surface area contributed by atoms with Gasteiger partial charge in [0, 0.05) is 57.6 Å². The smallest absolute Gasteiger partial charge is 0.145 e. The van der Waals surface area contributed by atoms with Gasteiger partial charge in [-0.2, -0.15) is 0 Å². The SMILES string of the molecule is O=NC(C1=CNCC=C1)c1c(-c2ccc(F)cc2F)csc1-c1ccc(F)cc1F. The topological polar surface area (TPSA) is 41.5 Å². The average molecular weight is 430 g/mol. The first kappa shape index (κ1) is 20.0. The van der Waals surface area contributed by atoms with Gasteiger partial charge in [0.15, 0.2) is 0 Å². The van der Waals surface area contributed by atoms with Crippen LogP contribution in [-0.4, -0.2) is 6.54 Å². The second-order valence-electron chi connectivity index (χ2n) is 6.60. The van der Waals surface area contributed by atoms with Crippen molar-refractivity contribution in [1.82, 2.24) is 5.32 Å². The third kappa shape index (κ3) is 3.66. The Bertz CT molecular complexity index is 1120. The Morgan fingerprint density at radius 1 is 0.933 bits per heavy atom. The van der Waals surface area contributed by atoms with Crippen molar-refractivity contribution in [3.63, 3.8) is 0 Å². The summed E-state index contributed by atoms with van der Waals surface area (Å²) in [4.78, 5) is 12.2. The van der Waals surface area contributed by atoms with Gasteiger partial charge in [-0.25, -0.2) is 17.6 Å². The molecule has 0 saturated heterocycles. The van der Waals surface area contributed by atoms with E-state index in [1.54, 1.807) is 23.7 Å². The summed E-state index contributed by atoms with van der Waals surface area (Å²) in [5.41, 5.74) is 1.18. The van der Waals surface area contributed by atoms with Crippen LogP contribution in [0.4, 0.5) is 17.6 Å². The maximum absolute atomic E-state index is 14.6. The first-order chi connectivity index (χ1) is 14.5. The van der Waals surface area contributed by atoms with Gasteiger partial charge in [-0.05, 0) is 29.6 Å². The Kier molecular flexibility index (Phi) is 5.50. The average Bonchev–Trinajstić information content (AvgIpc) is 3.14. The van der Waals surface area contributed by atoms with E-state index in [2.05, 4.69) is 10.5 Å². The molecule has 8 heteroatoms. The van der Waals surface area contributed by atoms with Crippen molar-refractivity contribution in [2.45, 2.75) is 6.04 Å². The molecule has 0 fully saturated rings. The van der Waals surface area contributed by atoms with E-state index in [1.807, 2.05) is 0 Å². The monoisotopic (exact) mass is 430 g/mol. The lowest BCUT2D eigenvalue weighted by Gasteiger charge is -2.18. The number of rotatable bonds is 5. The normalized spacial score (nSPS) is 14.2. The van der Waals surface area contributed by atoms with E-state index in [0.29, 0.717) is 22.6 Å². The van der Waals surface area contributed by atoms with Gasteiger partial charge in [0.25, 0.3) is 0 Å². The Balaban J connectivity index is 1.98. The largest absolute Gasteiger partial charge is 0.387 e. The lowest BCUT2D eigenvalue weighted by Crippen LogP contribution is -2.13. The molecule has 1 aliphatic heterocycles. The summed E-state index contributed by atoms with van der Waals surface area (Å²) < 4.78 is 56.0. The Morgan fingerprint density at radius 3 is 2.17 bits per heavy atom. The molecule has 1 aromatic heterocycles. The third-order valence-corrected chi connectivity index (χ3v) is 5.76. The number of dihydropyridines is 1. The Hall–Kier alpha value is -3.26. The van der Waals surface area contributed by atoms with Crippen molar-refractivity contribution in [1.29, 1.82) is 0 Å². The lowest BCUT2D eigenvalue weighted by atomic mass is 9.90. The highest BCUT2D eigenvalue weighted by atomic mass is 32.1. The molecular weight excluding hydrogens is 416 g/mol. The summed E-state index contributed by atoms with van der Waals surface area (Å²) in [6, 6.07) is 5.11. The molecule has 3 nitrogen and oxygen atoms in total. The Labute approximate surface area is 173 Å². The van der Waals surface area contributed by atoms with Crippen molar-refractivity contribution in [3.8, 4) is 21.6 Å². The lowest BCUT2D eigenvalue weighted by molar-refractivity contribution is 0.585. The van der Waals surface area contributed by atoms with Gasteiger partial charge >= 0.3 is 0 Å². The van der Waals surface area contributed by atoms with Crippen molar-refractivity contribution in [2.24, 2.45) is 5.18 Å². The Morgan fingerprint density at radius 2 is 1.60 bits per heavy atom. The highest BCUT2D eigenvalue weighted by Gasteiger charge is 2.29. The van der Waals surface area contributed by atoms with Crippen LogP contribution in [0.3, 0.4) is 0 Å². The number of nitrogens with zero attached hydrogens (tertiary/aromatic N) is 1. The molecule has 1 aliphatic rings. The number of halogens is 4. The van der Waals surface area contributed by atoms with Gasteiger partial charge < -0.3 is 5.32 Å². The molecule has 1 N–H and O–H groups in total. The van der Waals surface area contributed by atoms with E-state index in [9.17, 15) is 22.5 Å². The highest BCUT2D eigenvalue weighted by molar-refractivity contribution is 7.14. The van der Waals surface area contributed by atoms with E-state index >= 15 is 0 Å². The molecule has 0 radical (unpaired) electrons. The summed E-state index contributed by atoms with van der Waals surface area (Å²) in [7, 11) is 0. The highest BCUT2D eigenvalue weighted by Crippen LogP contribution is 2.46. The zero-order chi connectivity index (χ0) is 21.3. The van der Waals surface area contributed by atoms with Crippen LogP contribution in [0.1, 0.15) is 11.6 Å². The molecule has 152 valence electrons. The fourth-order valence-corrected chi connectivity index (χ4v) is 4.51. The minimum absolute atomic E-state index is 0.0541. The zero-order valence-electron chi connectivity index (χ0n) is 15.3. The first-order valence-corrected chi connectivity index (χ1v) is 9.82. The van der Waals surface area contributed by atoms with Gasteiger partial charge in [0.05, 0.1) is 0 Å². The van der Waals surface area contributed by atoms with Crippen molar-refractivity contribution in [3.05, 3.63) is 99.4 Å². The molecular formula is C22H14F4N2OS. The summed E-state index contributed by atoms with van der Waals surface area (Å²) in [6.07, 6.45) is 5.10. The van der Waals surface area contributed by atoms with Gasteiger partial charge in [-0.15, -0.1) is 16.2 Å². The van der Waals surface area contributed by atoms with Crippen LogP contribution >= 0.6 is 11.3 Å². The number of benzene rings is 2. The molecule has 0 amide bonds. The molecule has 4 rings (SSSR count). The summed E-state index contributed by atoms with van der Waals surface area (Å²) >= 11 is 1.07. The fourth-order valence-electron chi connectivity index (χ4n) is 3.38. The molecule has 1 atom stereocenters. The quantitative estimate of drug-likeness (QED) is 0.371. The van der Waals surface area contributed by atoms with Crippen molar-refractivity contribution in [2.75, 3.05) is 6.54 Å². The van der Waals surface area contributed by atoms with E-state index < -0.39 is 29.3 Å². The van der Waals surface area contributed by atoms with Crippen LogP contribution in [0.2, 0.25) is 0 Å². The fraction of sp³-hybridized carbons (Fsp3) is 0.0909. The molecule has 2 aromatic carbocycles. The molecule has 2 heterocycles. The zero-order valence-corrected chi connectivity index (χ0v) is 16.2. The molecule has 0 aliphatic carbocycles. The van der Waals surface area contributed by atoms with Gasteiger partial charge in [-0.1, -0.05) is 17.3 Å². The summed E-state index contributed by atoms with van der Waals surface area (Å²) in [5, 5.41) is 7.76. The standard InChI is InChI=1S/C22H14F4N2OS/c23-13-3-5-15(18(25)8-13)17-11-30-22(16-6-4-14(24)9-19(16)26)20(17)21(28-29)12-2-1-7-27-10-12/h1-6,8-11,21,27H,7H2. The molecule has 3 aromatic rings. The van der Waals surface area contributed by atoms with Crippen LogP contribution in [0.25, 0.3) is 21.6 Å². The van der Waals surface area contributed by atoms with E-state index in [4.69, 9.17) is 0 Å². The minimum atomic E-state index is -1.08. The van der Waals surface area contributed by atoms with Crippen molar-refractivity contribution < 1.29 is 17.6 Å². The predicted molar refractivity (Wildman–Crippen MR) is 109 cm³/mol. The third-order valence-electron chi connectivity index (χ3n) is 4.74. The van der Waals surface area contributed by atoms with Crippen LogP contribution in [-0.2, 0) is 0 Å². The maximum atomic E-state index is 14.6. The number of nitrogens with one attached hydrogen (secondary N) is 1. The van der Waals surface area contributed by atoms with Crippen LogP contribution in [0, 0.1) is 28.2 Å². The van der Waals surface area contributed by atoms with E-state index in [1.165, 1.54) is 12.1 Å². The maximum Gasteiger partial charge on any atom is 0.145 e. The van der Waals surface area contributed by atoms with Crippen LogP contribution in [0.5, 0.6) is 0 Å². The number of hydrogen-bond donors (Lipinski definition) is 1. The van der Waals surface area contributed by atoms with Crippen LogP contribution < -0.4 is 5.32 Å². The minimum Gasteiger partial charge on any atom is -0.387 e. The molecule has 0 spiro atoms. The number of thiophene rings is 1. The van der Waals surface area contributed by atoms with Crippen LogP contribution in [0.15, 0.2) is 70.9 Å². The second kappa shape index (κ2) is 8.23. The van der Waals surface area contributed by atoms with Gasteiger partial charge in [0.1, 0.15) is 29.3 Å². The predicted octanol–water partition coefficient (Wildman–Crippen LogP) is 6.49. The van der Waals surface area contributed by atoms with E-state index in [0.717, 1.165) is 35.6 Å². The number of hydrogen-bond acceptors (Lipinski definition) is 4. The van der Waals surface area contributed by atoms with Gasteiger partial charge in [0.2, 0.25) is 0 Å². The summed E-state index contributed by atoms with van der Waals surface area (Å²) in [5.74, 6) is -3.13. The second-order valence-corrected chi connectivity index (χ2v) is 7.48. The molecule has 0 saturated carbocycles. The van der Waals surface area contributed by atoms with Gasteiger partial charge in [-0.3, -0.25) is 0 Å². The summed E-state index contributed by atoms with van der Waals surface area (Å²) in [6.45, 7) is 0.567. The first-order valence-electron chi connectivity index (χ1n) is 8.94. The molecule has 30 heavy (non-hydrogen) atoms. The molecule has 0 bridgehead atoms. The molecule has 1 unspecified atom stereocenters. The van der Waals surface area contributed by atoms with E-state index in [-0.39, 0.29) is 16.7 Å². The van der Waals surface area contributed by atoms with Crippen molar-refractivity contribution >= 4 is 11.3 Å².